The van der Waals surface area contributed by atoms with Gasteiger partial charge in [0.1, 0.15) is 10.7 Å². The minimum atomic E-state index is -5.72. The van der Waals surface area contributed by atoms with Crippen molar-refractivity contribution in [3.63, 3.8) is 0 Å². The molecule has 0 aliphatic carbocycles. The first-order chi connectivity index (χ1) is 13.0. The Bertz CT molecular complexity index is 1100. The van der Waals surface area contributed by atoms with Crippen LogP contribution in [0.15, 0.2) is 35.1 Å². The van der Waals surface area contributed by atoms with Gasteiger partial charge < -0.3 is 15.1 Å². The summed E-state index contributed by atoms with van der Waals surface area (Å²) in [5.74, 6) is -1.00. The summed E-state index contributed by atoms with van der Waals surface area (Å²) < 4.78 is 52.1. The summed E-state index contributed by atoms with van der Waals surface area (Å²) in [5.41, 5.74) is -4.24. The summed E-state index contributed by atoms with van der Waals surface area (Å²) in [4.78, 5) is 36.7. The van der Waals surface area contributed by atoms with Crippen molar-refractivity contribution in [2.75, 3.05) is 0 Å². The zero-order valence-corrected chi connectivity index (χ0v) is 16.9. The summed E-state index contributed by atoms with van der Waals surface area (Å²) >= 11 is 3.46. The molecule has 0 radical (unpaired) electrons. The molecule has 0 fully saturated rings. The van der Waals surface area contributed by atoms with Gasteiger partial charge in [-0.25, -0.2) is 14.4 Å². The van der Waals surface area contributed by atoms with Crippen LogP contribution in [0.25, 0.3) is 10.1 Å². The van der Waals surface area contributed by atoms with E-state index in [1.54, 1.807) is 0 Å². The maximum absolute atomic E-state index is 14.1. The van der Waals surface area contributed by atoms with Crippen molar-refractivity contribution in [1.29, 1.82) is 0 Å². The topological polar surface area (TPSA) is 112 Å². The molecule has 2 aromatic heterocycles. The van der Waals surface area contributed by atoms with Crippen LogP contribution in [0.3, 0.4) is 0 Å². The number of rotatable bonds is 5. The van der Waals surface area contributed by atoms with E-state index in [0.717, 1.165) is 12.4 Å². The van der Waals surface area contributed by atoms with Crippen LogP contribution in [0, 0.1) is 5.82 Å². The molecule has 0 saturated carbocycles. The number of benzene rings is 1. The van der Waals surface area contributed by atoms with Gasteiger partial charge in [0.25, 0.3) is 5.91 Å². The van der Waals surface area contributed by atoms with E-state index >= 15 is 0 Å². The largest absolute Gasteiger partial charge is 0.400 e. The Kier molecular flexibility index (Phi) is 5.61. The lowest BCUT2D eigenvalue weighted by molar-refractivity contribution is 0.0595. The van der Waals surface area contributed by atoms with Crippen molar-refractivity contribution in [2.45, 2.75) is 12.2 Å². The Balaban J connectivity index is 1.87. The fourth-order valence-corrected chi connectivity index (χ4v) is 5.15. The molecule has 1 aromatic carbocycles. The molecule has 3 rings (SSSR count). The van der Waals surface area contributed by atoms with Gasteiger partial charge in [-0.2, -0.15) is 8.78 Å². The van der Waals surface area contributed by atoms with Gasteiger partial charge in [-0.05, 0) is 34.1 Å². The third kappa shape index (κ3) is 3.96. The summed E-state index contributed by atoms with van der Waals surface area (Å²) in [5, 5.41) is 2.72. The number of hydrogen-bond donors (Lipinski definition) is 3. The molecule has 1 amide bonds. The second-order valence-electron chi connectivity index (χ2n) is 5.54. The van der Waals surface area contributed by atoms with Gasteiger partial charge >= 0.3 is 13.3 Å². The highest BCUT2D eigenvalue weighted by atomic mass is 79.9. The second kappa shape index (κ2) is 7.53. The molecule has 0 aliphatic rings. The van der Waals surface area contributed by atoms with E-state index in [1.165, 1.54) is 18.2 Å². The first-order valence-corrected chi connectivity index (χ1v) is 10.6. The summed E-state index contributed by atoms with van der Waals surface area (Å²) in [6, 6.07) is 4.09. The number of carbonyl (C=O) groups excluding carboxylic acids is 1. The molecule has 148 valence electrons. The van der Waals surface area contributed by atoms with Crippen LogP contribution < -0.4 is 5.32 Å². The lowest BCUT2D eigenvalue weighted by Gasteiger charge is -2.16. The van der Waals surface area contributed by atoms with E-state index in [1.807, 2.05) is 0 Å². The number of amides is 1. The van der Waals surface area contributed by atoms with Gasteiger partial charge in [-0.1, -0.05) is 0 Å². The Morgan fingerprint density at radius 3 is 2.54 bits per heavy atom. The van der Waals surface area contributed by atoms with Crippen molar-refractivity contribution in [3.8, 4) is 0 Å². The Labute approximate surface area is 167 Å². The normalized spacial score (nSPS) is 12.4. The van der Waals surface area contributed by atoms with Crippen LogP contribution in [0.2, 0.25) is 0 Å². The van der Waals surface area contributed by atoms with Gasteiger partial charge in [0.05, 0.1) is 18.9 Å². The molecule has 7 nitrogen and oxygen atoms in total. The average molecular weight is 496 g/mol. The van der Waals surface area contributed by atoms with Crippen molar-refractivity contribution in [3.05, 3.63) is 57.1 Å². The lowest BCUT2D eigenvalue weighted by Crippen LogP contribution is -2.23. The van der Waals surface area contributed by atoms with Gasteiger partial charge in [-0.3, -0.25) is 9.36 Å². The predicted octanol–water partition coefficient (Wildman–Crippen LogP) is 3.75. The minimum Gasteiger partial charge on any atom is -0.345 e. The number of carbonyl (C=O) groups is 1. The van der Waals surface area contributed by atoms with Crippen LogP contribution in [0.5, 0.6) is 0 Å². The van der Waals surface area contributed by atoms with Gasteiger partial charge in [0, 0.05) is 20.1 Å². The molecular weight excluding hydrogens is 486 g/mol. The Hall–Kier alpha value is -1.85. The third-order valence-electron chi connectivity index (χ3n) is 3.61. The van der Waals surface area contributed by atoms with Crippen molar-refractivity contribution in [2.24, 2.45) is 0 Å². The molecular formula is C15H10BrF3N3O4PS. The highest BCUT2D eigenvalue weighted by molar-refractivity contribution is 9.10. The van der Waals surface area contributed by atoms with E-state index in [-0.39, 0.29) is 27.8 Å². The molecule has 3 aromatic rings. The molecule has 0 aliphatic heterocycles. The van der Waals surface area contributed by atoms with Crippen molar-refractivity contribution in [1.82, 2.24) is 15.3 Å². The fraction of sp³-hybridized carbons (Fsp3) is 0.133. The number of thiophene rings is 1. The van der Waals surface area contributed by atoms with E-state index in [0.29, 0.717) is 16.0 Å². The molecule has 0 unspecified atom stereocenters. The molecule has 3 N–H and O–H groups in total. The monoisotopic (exact) mass is 495 g/mol. The Morgan fingerprint density at radius 2 is 1.93 bits per heavy atom. The van der Waals surface area contributed by atoms with Crippen molar-refractivity contribution >= 4 is 50.9 Å². The minimum absolute atomic E-state index is 0.0799. The average Bonchev–Trinajstić information content (AvgIpc) is 2.97. The number of aromatic nitrogens is 2. The zero-order chi connectivity index (χ0) is 20.7. The molecule has 13 heteroatoms. The number of alkyl halides is 2. The van der Waals surface area contributed by atoms with Gasteiger partial charge in [0.2, 0.25) is 0 Å². The molecule has 2 heterocycles. The SMILES string of the molecule is O=C(NCc1ncc(F)cn1)c1ccc2sc(C(F)(F)P(=O)(O)O)c(Br)c2c1. The van der Waals surface area contributed by atoms with E-state index in [2.05, 4.69) is 31.2 Å². The molecule has 0 atom stereocenters. The number of halogens is 4. The lowest BCUT2D eigenvalue weighted by atomic mass is 10.1. The smallest absolute Gasteiger partial charge is 0.345 e. The fourth-order valence-electron chi connectivity index (χ4n) is 2.23. The number of nitrogens with one attached hydrogen (secondary N) is 1. The van der Waals surface area contributed by atoms with Gasteiger partial charge in [-0.15, -0.1) is 11.3 Å². The maximum Gasteiger partial charge on any atom is 0.400 e. The van der Waals surface area contributed by atoms with Crippen LogP contribution in [-0.2, 0) is 16.8 Å². The van der Waals surface area contributed by atoms with E-state index < -0.39 is 29.9 Å². The number of hydrogen-bond acceptors (Lipinski definition) is 5. The molecule has 0 saturated heterocycles. The number of fused-ring (bicyclic) bond motifs is 1. The summed E-state index contributed by atoms with van der Waals surface area (Å²) in [6.07, 6.45) is 1.90. The molecule has 0 bridgehead atoms. The molecule has 0 spiro atoms. The zero-order valence-electron chi connectivity index (χ0n) is 13.6. The van der Waals surface area contributed by atoms with Crippen LogP contribution in [0.1, 0.15) is 21.1 Å². The van der Waals surface area contributed by atoms with E-state index in [9.17, 15) is 22.5 Å². The van der Waals surface area contributed by atoms with E-state index in [4.69, 9.17) is 9.79 Å². The van der Waals surface area contributed by atoms with Crippen LogP contribution in [-0.4, -0.2) is 25.7 Å². The second-order valence-corrected chi connectivity index (χ2v) is 9.04. The highest BCUT2D eigenvalue weighted by Crippen LogP contribution is 2.62. The standard InChI is InChI=1S/C15H10BrF3N3O4PS/c16-12-9-3-7(14(23)22-6-11-20-4-8(17)5-21-11)1-2-10(9)28-13(12)15(18,19)27(24,25)26/h1-5H,6H2,(H,22,23)(H2,24,25,26). The van der Waals surface area contributed by atoms with Crippen molar-refractivity contribution < 1.29 is 32.3 Å². The molecule has 28 heavy (non-hydrogen) atoms. The predicted molar refractivity (Wildman–Crippen MR) is 98.6 cm³/mol. The summed E-state index contributed by atoms with van der Waals surface area (Å²) in [7, 11) is -5.72. The first kappa shape index (κ1) is 20.9. The Morgan fingerprint density at radius 1 is 1.29 bits per heavy atom. The maximum atomic E-state index is 14.1. The van der Waals surface area contributed by atoms with Gasteiger partial charge in [0.15, 0.2) is 5.82 Å². The highest BCUT2D eigenvalue weighted by Gasteiger charge is 2.53. The third-order valence-corrected chi connectivity index (χ3v) is 7.04. The van der Waals surface area contributed by atoms with Crippen LogP contribution in [0.4, 0.5) is 13.2 Å². The first-order valence-electron chi connectivity index (χ1n) is 7.41. The quantitative estimate of drug-likeness (QED) is 0.464. The number of nitrogens with zero attached hydrogens (tertiary/aromatic N) is 2. The van der Waals surface area contributed by atoms with Crippen LogP contribution >= 0.6 is 34.9 Å². The summed E-state index contributed by atoms with van der Waals surface area (Å²) in [6.45, 7) is -0.0799.